The maximum Gasteiger partial charge on any atom is 0.242 e. The molecule has 2 aromatic carbocycles. The molecule has 0 saturated heterocycles. The Morgan fingerprint density at radius 1 is 1.05 bits per heavy atom. The van der Waals surface area contributed by atoms with Crippen LogP contribution < -0.4 is 4.72 Å². The molecule has 0 heterocycles. The normalized spacial score (nSPS) is 13.1. The monoisotopic (exact) mass is 343 g/mol. The Kier molecular flexibility index (Phi) is 4.94. The zero-order chi connectivity index (χ0) is 15.6. The van der Waals surface area contributed by atoms with Gasteiger partial charge in [0, 0.05) is 11.1 Å². The van der Waals surface area contributed by atoms with Crippen molar-refractivity contribution in [2.24, 2.45) is 0 Å². The van der Waals surface area contributed by atoms with Gasteiger partial charge in [-0.25, -0.2) is 13.1 Å². The molecule has 6 heteroatoms. The van der Waals surface area contributed by atoms with Crippen molar-refractivity contribution in [2.45, 2.75) is 24.8 Å². The lowest BCUT2D eigenvalue weighted by Crippen LogP contribution is -2.27. The van der Waals surface area contributed by atoms with E-state index in [1.54, 1.807) is 13.0 Å². The fourth-order valence-electron chi connectivity index (χ4n) is 1.90. The van der Waals surface area contributed by atoms with Gasteiger partial charge in [-0.3, -0.25) is 0 Å². The first-order valence-electron chi connectivity index (χ1n) is 6.33. The van der Waals surface area contributed by atoms with Gasteiger partial charge in [-0.2, -0.15) is 0 Å². The van der Waals surface area contributed by atoms with Gasteiger partial charge in [-0.05, 0) is 37.6 Å². The molecule has 1 N–H and O–H groups in total. The smallest absolute Gasteiger partial charge is 0.207 e. The Balaban J connectivity index is 2.28. The number of sulfonamides is 1. The van der Waals surface area contributed by atoms with Crippen molar-refractivity contribution in [1.29, 1.82) is 0 Å². The lowest BCUT2D eigenvalue weighted by molar-refractivity contribution is 0.567. The Labute approximate surface area is 135 Å². The van der Waals surface area contributed by atoms with Crippen LogP contribution in [0.25, 0.3) is 0 Å². The van der Waals surface area contributed by atoms with Crippen LogP contribution in [0.15, 0.2) is 47.4 Å². The molecular formula is C15H15Cl2NO2S. The second-order valence-corrected chi connectivity index (χ2v) is 7.35. The highest BCUT2D eigenvalue weighted by atomic mass is 35.5. The largest absolute Gasteiger partial charge is 0.242 e. The number of hydrogen-bond donors (Lipinski definition) is 1. The van der Waals surface area contributed by atoms with Crippen LogP contribution in [-0.2, 0) is 10.0 Å². The van der Waals surface area contributed by atoms with Gasteiger partial charge in [0.2, 0.25) is 10.0 Å². The molecule has 3 nitrogen and oxygen atoms in total. The summed E-state index contributed by atoms with van der Waals surface area (Å²) in [4.78, 5) is -0.0179. The average molecular weight is 344 g/mol. The maximum absolute atomic E-state index is 12.4. The molecule has 21 heavy (non-hydrogen) atoms. The van der Waals surface area contributed by atoms with Crippen LogP contribution in [0.1, 0.15) is 24.1 Å². The quantitative estimate of drug-likeness (QED) is 0.897. The van der Waals surface area contributed by atoms with Crippen molar-refractivity contribution in [2.75, 3.05) is 0 Å². The molecule has 2 rings (SSSR count). The molecule has 112 valence electrons. The number of aryl methyl sites for hydroxylation is 1. The average Bonchev–Trinajstić information content (AvgIpc) is 2.41. The number of benzene rings is 2. The molecule has 0 radical (unpaired) electrons. The number of halogens is 2. The lowest BCUT2D eigenvalue weighted by Gasteiger charge is -2.15. The first-order valence-corrected chi connectivity index (χ1v) is 8.57. The van der Waals surface area contributed by atoms with Gasteiger partial charge in [0.25, 0.3) is 0 Å². The molecule has 0 aliphatic heterocycles. The van der Waals surface area contributed by atoms with E-state index in [1.807, 2.05) is 31.2 Å². The van der Waals surface area contributed by atoms with E-state index in [-0.39, 0.29) is 16.0 Å². The van der Waals surface area contributed by atoms with Gasteiger partial charge in [-0.15, -0.1) is 0 Å². The number of nitrogens with one attached hydrogen (secondary N) is 1. The molecule has 2 aromatic rings. The molecular weight excluding hydrogens is 329 g/mol. The fraction of sp³-hybridized carbons (Fsp3) is 0.200. The highest BCUT2D eigenvalue weighted by Crippen LogP contribution is 2.26. The summed E-state index contributed by atoms with van der Waals surface area (Å²) in [6.45, 7) is 3.75. The molecule has 0 bridgehead atoms. The van der Waals surface area contributed by atoms with Gasteiger partial charge in [0.05, 0.1) is 5.02 Å². The second-order valence-electron chi connectivity index (χ2n) is 4.83. The predicted molar refractivity (Wildman–Crippen MR) is 86.4 cm³/mol. The van der Waals surface area contributed by atoms with Crippen LogP contribution in [0.4, 0.5) is 0 Å². The first-order chi connectivity index (χ1) is 9.79. The van der Waals surface area contributed by atoms with Crippen LogP contribution in [0.2, 0.25) is 10.0 Å². The highest BCUT2D eigenvalue weighted by molar-refractivity contribution is 7.89. The van der Waals surface area contributed by atoms with E-state index < -0.39 is 10.0 Å². The van der Waals surface area contributed by atoms with E-state index >= 15 is 0 Å². The standard InChI is InChI=1S/C15H15Cl2NO2S/c1-10-3-5-12(6-4-10)11(2)18-21(19,20)15-9-13(16)7-8-14(15)17/h3-9,11,18H,1-2H3. The van der Waals surface area contributed by atoms with Crippen LogP contribution in [-0.4, -0.2) is 8.42 Å². The SMILES string of the molecule is Cc1ccc(C(C)NS(=O)(=O)c2cc(Cl)ccc2Cl)cc1. The summed E-state index contributed by atoms with van der Waals surface area (Å²) in [7, 11) is -3.74. The van der Waals surface area contributed by atoms with Crippen molar-refractivity contribution in [3.8, 4) is 0 Å². The number of hydrogen-bond acceptors (Lipinski definition) is 2. The summed E-state index contributed by atoms with van der Waals surface area (Å²) in [5.41, 5.74) is 1.99. The molecule has 0 aliphatic rings. The lowest BCUT2D eigenvalue weighted by atomic mass is 10.1. The van der Waals surface area contributed by atoms with E-state index in [0.717, 1.165) is 11.1 Å². The summed E-state index contributed by atoms with van der Waals surface area (Å²) in [6, 6.07) is 11.6. The zero-order valence-corrected chi connectivity index (χ0v) is 13.9. The van der Waals surface area contributed by atoms with Gasteiger partial charge < -0.3 is 0 Å². The molecule has 0 saturated carbocycles. The van der Waals surface area contributed by atoms with Gasteiger partial charge in [0.15, 0.2) is 0 Å². The minimum atomic E-state index is -3.74. The summed E-state index contributed by atoms with van der Waals surface area (Å²) < 4.78 is 27.4. The Hall–Kier alpha value is -1.07. The van der Waals surface area contributed by atoms with Gasteiger partial charge >= 0.3 is 0 Å². The van der Waals surface area contributed by atoms with Crippen molar-refractivity contribution in [1.82, 2.24) is 4.72 Å². The molecule has 0 spiro atoms. The molecule has 0 fully saturated rings. The fourth-order valence-corrected chi connectivity index (χ4v) is 3.90. The molecule has 0 amide bonds. The van der Waals surface area contributed by atoms with E-state index in [4.69, 9.17) is 23.2 Å². The second kappa shape index (κ2) is 6.36. The summed E-state index contributed by atoms with van der Waals surface area (Å²) in [5.74, 6) is 0. The maximum atomic E-state index is 12.4. The zero-order valence-electron chi connectivity index (χ0n) is 11.6. The van der Waals surface area contributed by atoms with E-state index in [1.165, 1.54) is 12.1 Å². The summed E-state index contributed by atoms with van der Waals surface area (Å²) in [6.07, 6.45) is 0. The third-order valence-corrected chi connectivity index (χ3v) is 5.35. The van der Waals surface area contributed by atoms with Crippen molar-refractivity contribution in [3.63, 3.8) is 0 Å². The van der Waals surface area contributed by atoms with Crippen LogP contribution in [0.3, 0.4) is 0 Å². The summed E-state index contributed by atoms with van der Waals surface area (Å²) >= 11 is 11.8. The minimum Gasteiger partial charge on any atom is -0.207 e. The van der Waals surface area contributed by atoms with Crippen molar-refractivity contribution >= 4 is 33.2 Å². The Bertz CT molecular complexity index is 743. The Morgan fingerprint density at radius 2 is 1.67 bits per heavy atom. The minimum absolute atomic E-state index is 0.0179. The van der Waals surface area contributed by atoms with E-state index in [0.29, 0.717) is 5.02 Å². The number of rotatable bonds is 4. The van der Waals surface area contributed by atoms with Crippen LogP contribution in [0, 0.1) is 6.92 Å². The molecule has 1 atom stereocenters. The third kappa shape index (κ3) is 3.98. The molecule has 1 unspecified atom stereocenters. The molecule has 0 aromatic heterocycles. The summed E-state index contributed by atoms with van der Waals surface area (Å²) in [5, 5.41) is 0.464. The van der Waals surface area contributed by atoms with Gasteiger partial charge in [-0.1, -0.05) is 53.0 Å². The van der Waals surface area contributed by atoms with Gasteiger partial charge in [0.1, 0.15) is 4.90 Å². The van der Waals surface area contributed by atoms with Crippen molar-refractivity contribution < 1.29 is 8.42 Å². The van der Waals surface area contributed by atoms with Crippen LogP contribution in [0.5, 0.6) is 0 Å². The van der Waals surface area contributed by atoms with E-state index in [9.17, 15) is 8.42 Å². The van der Waals surface area contributed by atoms with Crippen LogP contribution >= 0.6 is 23.2 Å². The Morgan fingerprint density at radius 3 is 2.29 bits per heavy atom. The predicted octanol–water partition coefficient (Wildman–Crippen LogP) is 4.34. The molecule has 0 aliphatic carbocycles. The van der Waals surface area contributed by atoms with E-state index in [2.05, 4.69) is 4.72 Å². The topological polar surface area (TPSA) is 46.2 Å². The third-order valence-electron chi connectivity index (χ3n) is 3.09. The van der Waals surface area contributed by atoms with Crippen molar-refractivity contribution in [3.05, 3.63) is 63.6 Å². The highest BCUT2D eigenvalue weighted by Gasteiger charge is 2.21. The first kappa shape index (κ1) is 16.3.